The molecule has 36 heavy (non-hydrogen) atoms. The Kier molecular flexibility index (Phi) is 7.18. The van der Waals surface area contributed by atoms with E-state index in [1.807, 2.05) is 0 Å². The molecule has 0 saturated carbocycles. The molecule has 2 aromatic carbocycles. The lowest BCUT2D eigenvalue weighted by molar-refractivity contribution is -0.274. The Morgan fingerprint density at radius 1 is 0.972 bits per heavy atom. The van der Waals surface area contributed by atoms with Crippen LogP contribution in [0.1, 0.15) is 24.3 Å². The van der Waals surface area contributed by atoms with Crippen molar-refractivity contribution in [1.82, 2.24) is 19.7 Å². The van der Waals surface area contributed by atoms with Gasteiger partial charge in [-0.15, -0.1) is 18.3 Å². The van der Waals surface area contributed by atoms with Crippen molar-refractivity contribution < 1.29 is 32.2 Å². The summed E-state index contributed by atoms with van der Waals surface area (Å²) in [4.78, 5) is 20.8. The molecule has 4 rings (SSSR count). The Bertz CT molecular complexity index is 1310. The molecule has 0 aliphatic heterocycles. The predicted molar refractivity (Wildman–Crippen MR) is 122 cm³/mol. The highest BCUT2D eigenvalue weighted by Gasteiger charge is 2.31. The maximum absolute atomic E-state index is 12.4. The highest BCUT2D eigenvalue weighted by molar-refractivity contribution is 5.73. The monoisotopic (exact) mass is 498 g/mol. The Balaban J connectivity index is 1.35. The second kappa shape index (κ2) is 10.5. The number of ether oxygens (including phenoxy) is 3. The van der Waals surface area contributed by atoms with Crippen LogP contribution in [0.25, 0.3) is 17.1 Å². The predicted octanol–water partition coefficient (Wildman–Crippen LogP) is 5.08. The molecule has 0 spiro atoms. The first-order valence-corrected chi connectivity index (χ1v) is 10.8. The van der Waals surface area contributed by atoms with Crippen molar-refractivity contribution in [1.29, 1.82) is 0 Å². The van der Waals surface area contributed by atoms with Crippen LogP contribution in [-0.4, -0.2) is 39.2 Å². The highest BCUT2D eigenvalue weighted by Crippen LogP contribution is 2.24. The molecular weight excluding hydrogens is 477 g/mol. The maximum Gasteiger partial charge on any atom is 0.573 e. The molecule has 0 fully saturated rings. The minimum absolute atomic E-state index is 0.0784. The fraction of sp³-hybridized carbons (Fsp3) is 0.200. The van der Waals surface area contributed by atoms with Crippen LogP contribution < -0.4 is 9.47 Å². The van der Waals surface area contributed by atoms with E-state index in [2.05, 4.69) is 19.8 Å². The van der Waals surface area contributed by atoms with Crippen LogP contribution in [-0.2, 0) is 16.0 Å². The first-order chi connectivity index (χ1) is 17.2. The van der Waals surface area contributed by atoms with E-state index < -0.39 is 18.4 Å². The van der Waals surface area contributed by atoms with Gasteiger partial charge in [0.2, 0.25) is 0 Å². The van der Waals surface area contributed by atoms with Crippen molar-refractivity contribution >= 4 is 5.97 Å². The summed E-state index contributed by atoms with van der Waals surface area (Å²) in [6.07, 6.45) is -2.17. The molecule has 2 aromatic heterocycles. The number of alkyl halides is 3. The Morgan fingerprint density at radius 2 is 1.67 bits per heavy atom. The molecule has 0 N–H and O–H groups in total. The lowest BCUT2D eigenvalue weighted by Crippen LogP contribution is -2.17. The molecule has 1 unspecified atom stereocenters. The number of benzene rings is 2. The fourth-order valence-electron chi connectivity index (χ4n) is 3.31. The summed E-state index contributed by atoms with van der Waals surface area (Å²) >= 11 is 0. The van der Waals surface area contributed by atoms with Crippen LogP contribution in [0.2, 0.25) is 0 Å². The smallest absolute Gasteiger partial charge is 0.495 e. The summed E-state index contributed by atoms with van der Waals surface area (Å²) in [5.74, 6) is 0.313. The third-order valence-electron chi connectivity index (χ3n) is 5.11. The molecule has 8 nitrogen and oxygen atoms in total. The highest BCUT2D eigenvalue weighted by atomic mass is 19.4. The van der Waals surface area contributed by atoms with Gasteiger partial charge in [-0.25, -0.2) is 9.67 Å². The van der Waals surface area contributed by atoms with Crippen LogP contribution >= 0.6 is 0 Å². The molecule has 11 heteroatoms. The number of hydrogen-bond donors (Lipinski definition) is 0. The number of carbonyl (C=O) groups is 1. The minimum atomic E-state index is -4.75. The van der Waals surface area contributed by atoms with Gasteiger partial charge in [0.05, 0.1) is 31.1 Å². The molecule has 0 aliphatic rings. The second-order valence-corrected chi connectivity index (χ2v) is 7.68. The van der Waals surface area contributed by atoms with Gasteiger partial charge in [0.25, 0.3) is 0 Å². The van der Waals surface area contributed by atoms with Gasteiger partial charge in [-0.2, -0.15) is 0 Å². The van der Waals surface area contributed by atoms with Crippen LogP contribution in [0.15, 0.2) is 73.2 Å². The zero-order valence-corrected chi connectivity index (χ0v) is 19.3. The van der Waals surface area contributed by atoms with Gasteiger partial charge in [0.1, 0.15) is 23.9 Å². The molecule has 0 bridgehead atoms. The molecule has 186 valence electrons. The van der Waals surface area contributed by atoms with Crippen molar-refractivity contribution in [2.24, 2.45) is 0 Å². The van der Waals surface area contributed by atoms with Gasteiger partial charge < -0.3 is 14.2 Å². The van der Waals surface area contributed by atoms with E-state index in [1.165, 1.54) is 35.3 Å². The van der Waals surface area contributed by atoms with Crippen LogP contribution in [0.5, 0.6) is 11.5 Å². The second-order valence-electron chi connectivity index (χ2n) is 7.68. The third-order valence-corrected chi connectivity index (χ3v) is 5.11. The molecule has 0 amide bonds. The SMILES string of the molecule is COc1ccc(C(C)OC(=O)Cc2ccc(-c3ncn(-c4ccc(OC(F)(F)F)cc4)n3)cc2)nc1. The summed E-state index contributed by atoms with van der Waals surface area (Å²) < 4.78 is 52.8. The quantitative estimate of drug-likeness (QED) is 0.313. The van der Waals surface area contributed by atoms with E-state index >= 15 is 0 Å². The van der Waals surface area contributed by atoms with Gasteiger partial charge in [-0.3, -0.25) is 9.78 Å². The van der Waals surface area contributed by atoms with E-state index in [0.717, 1.165) is 5.56 Å². The summed E-state index contributed by atoms with van der Waals surface area (Å²) in [7, 11) is 1.55. The number of pyridine rings is 1. The number of carbonyl (C=O) groups excluding carboxylic acids is 1. The lowest BCUT2D eigenvalue weighted by atomic mass is 10.1. The number of methoxy groups -OCH3 is 1. The zero-order valence-electron chi connectivity index (χ0n) is 19.3. The van der Waals surface area contributed by atoms with Gasteiger partial charge in [-0.05, 0) is 48.9 Å². The maximum atomic E-state index is 12.4. The zero-order chi connectivity index (χ0) is 25.7. The van der Waals surface area contributed by atoms with Gasteiger partial charge in [0, 0.05) is 5.56 Å². The average molecular weight is 498 g/mol. The molecule has 0 radical (unpaired) electrons. The number of nitrogens with zero attached hydrogens (tertiary/aromatic N) is 4. The molecule has 2 heterocycles. The first-order valence-electron chi connectivity index (χ1n) is 10.8. The van der Waals surface area contributed by atoms with Gasteiger partial charge >= 0.3 is 12.3 Å². The van der Waals surface area contributed by atoms with Crippen molar-refractivity contribution in [3.63, 3.8) is 0 Å². The lowest BCUT2D eigenvalue weighted by Gasteiger charge is -2.13. The summed E-state index contributed by atoms with van der Waals surface area (Å²) in [5.41, 5.74) is 2.59. The standard InChI is InChI=1S/C25H21F3N4O4/c1-16(22-12-11-21(34-2)14-29-22)35-23(33)13-17-3-5-18(6-4-17)24-30-15-32(31-24)19-7-9-20(10-8-19)36-25(26,27)28/h3-12,14-16H,13H2,1-2H3. The fourth-order valence-corrected chi connectivity index (χ4v) is 3.31. The van der Waals surface area contributed by atoms with Crippen LogP contribution in [0, 0.1) is 0 Å². The van der Waals surface area contributed by atoms with E-state index in [0.29, 0.717) is 28.5 Å². The number of halogens is 3. The first kappa shape index (κ1) is 24.7. The molecule has 0 aliphatic carbocycles. The molecule has 1 atom stereocenters. The largest absolute Gasteiger partial charge is 0.573 e. The van der Waals surface area contributed by atoms with Crippen molar-refractivity contribution in [3.05, 3.63) is 84.4 Å². The summed E-state index contributed by atoms with van der Waals surface area (Å²) in [6.45, 7) is 1.74. The van der Waals surface area contributed by atoms with E-state index in [4.69, 9.17) is 9.47 Å². The Hall–Kier alpha value is -4.41. The van der Waals surface area contributed by atoms with Crippen molar-refractivity contribution in [2.45, 2.75) is 25.8 Å². The topological polar surface area (TPSA) is 88.4 Å². The molecular formula is C25H21F3N4O4. The normalized spacial score (nSPS) is 12.1. The van der Waals surface area contributed by atoms with Gasteiger partial charge in [0.15, 0.2) is 5.82 Å². The van der Waals surface area contributed by atoms with Gasteiger partial charge in [-0.1, -0.05) is 24.3 Å². The van der Waals surface area contributed by atoms with Crippen molar-refractivity contribution in [2.75, 3.05) is 7.11 Å². The summed E-state index contributed by atoms with van der Waals surface area (Å²) in [6, 6.07) is 15.9. The Morgan fingerprint density at radius 3 is 2.28 bits per heavy atom. The molecule has 0 saturated heterocycles. The van der Waals surface area contributed by atoms with Crippen molar-refractivity contribution in [3.8, 4) is 28.6 Å². The van der Waals surface area contributed by atoms with E-state index in [9.17, 15) is 18.0 Å². The van der Waals surface area contributed by atoms with E-state index in [-0.39, 0.29) is 12.2 Å². The van der Waals surface area contributed by atoms with E-state index in [1.54, 1.807) is 56.6 Å². The Labute approximate surface area is 204 Å². The third kappa shape index (κ3) is 6.38. The summed E-state index contributed by atoms with van der Waals surface area (Å²) in [5, 5.41) is 4.37. The number of aromatic nitrogens is 4. The number of rotatable bonds is 8. The van der Waals surface area contributed by atoms with Crippen LogP contribution in [0.4, 0.5) is 13.2 Å². The minimum Gasteiger partial charge on any atom is -0.495 e. The van der Waals surface area contributed by atoms with Crippen LogP contribution in [0.3, 0.4) is 0 Å². The number of hydrogen-bond acceptors (Lipinski definition) is 7. The average Bonchev–Trinajstić information content (AvgIpc) is 3.34. The number of esters is 1. The molecule has 4 aromatic rings.